The Hall–Kier alpha value is -3.30. The number of nitro benzene ring substituents is 2. The van der Waals surface area contributed by atoms with Gasteiger partial charge in [-0.05, 0) is 6.07 Å². The Morgan fingerprint density at radius 3 is 2.52 bits per heavy atom. The van der Waals surface area contributed by atoms with Crippen molar-refractivity contribution in [2.75, 3.05) is 0 Å². The van der Waals surface area contributed by atoms with Crippen molar-refractivity contribution in [3.63, 3.8) is 0 Å². The van der Waals surface area contributed by atoms with Gasteiger partial charge in [-0.25, -0.2) is 4.79 Å². The summed E-state index contributed by atoms with van der Waals surface area (Å²) in [6.45, 7) is -0.0679. The number of rotatable bonds is 5. The molecular formula is C11H8N4O6. The largest absolute Gasteiger partial charge is 0.478 e. The van der Waals surface area contributed by atoms with Gasteiger partial charge in [0, 0.05) is 12.3 Å². The second-order valence-corrected chi connectivity index (χ2v) is 4.06. The number of hydrogen-bond donors (Lipinski definition) is 1. The van der Waals surface area contributed by atoms with Crippen LogP contribution in [0.2, 0.25) is 0 Å². The lowest BCUT2D eigenvalue weighted by Gasteiger charge is -2.03. The van der Waals surface area contributed by atoms with E-state index in [-0.39, 0.29) is 17.7 Å². The molecule has 0 unspecified atom stereocenters. The van der Waals surface area contributed by atoms with Crippen LogP contribution < -0.4 is 0 Å². The van der Waals surface area contributed by atoms with E-state index in [0.717, 1.165) is 18.3 Å². The zero-order valence-electron chi connectivity index (χ0n) is 10.4. The fourth-order valence-corrected chi connectivity index (χ4v) is 1.70. The van der Waals surface area contributed by atoms with Crippen molar-refractivity contribution in [3.05, 3.63) is 61.9 Å². The summed E-state index contributed by atoms with van der Waals surface area (Å²) in [4.78, 5) is 30.8. The Kier molecular flexibility index (Phi) is 3.61. The molecule has 1 N–H and O–H groups in total. The van der Waals surface area contributed by atoms with Crippen LogP contribution in [0.3, 0.4) is 0 Å². The van der Waals surface area contributed by atoms with Gasteiger partial charge >= 0.3 is 5.97 Å². The number of aromatic carboxylic acids is 1. The molecule has 1 heterocycles. The molecule has 0 aliphatic heterocycles. The van der Waals surface area contributed by atoms with Gasteiger partial charge in [0.15, 0.2) is 0 Å². The molecule has 0 atom stereocenters. The minimum atomic E-state index is -1.17. The van der Waals surface area contributed by atoms with Gasteiger partial charge in [0.2, 0.25) is 0 Å². The van der Waals surface area contributed by atoms with Crippen molar-refractivity contribution in [1.82, 2.24) is 9.78 Å². The highest BCUT2D eigenvalue weighted by molar-refractivity contribution is 5.86. The molecule has 0 aliphatic carbocycles. The zero-order valence-corrected chi connectivity index (χ0v) is 10.4. The van der Waals surface area contributed by atoms with E-state index < -0.39 is 27.2 Å². The molecule has 0 amide bonds. The zero-order chi connectivity index (χ0) is 15.6. The highest BCUT2D eigenvalue weighted by Crippen LogP contribution is 2.25. The standard InChI is InChI=1S/C11H8N4O6/c16-11(17)8-4-12-13(6-8)5-7-1-2-9(14(18)19)3-10(7)15(20)21/h1-4,6H,5H2,(H,16,17). The number of carboxylic acid groups (broad SMARTS) is 1. The maximum Gasteiger partial charge on any atom is 0.338 e. The van der Waals surface area contributed by atoms with Gasteiger partial charge in [-0.1, -0.05) is 0 Å². The van der Waals surface area contributed by atoms with Gasteiger partial charge in [-0.3, -0.25) is 24.9 Å². The van der Waals surface area contributed by atoms with E-state index in [9.17, 15) is 25.0 Å². The molecule has 0 radical (unpaired) electrons. The Morgan fingerprint density at radius 2 is 2.00 bits per heavy atom. The number of aromatic nitrogens is 2. The maximum atomic E-state index is 11.0. The summed E-state index contributed by atoms with van der Waals surface area (Å²) in [5.74, 6) is -1.17. The minimum absolute atomic E-state index is 0.0560. The number of nitro groups is 2. The first-order valence-corrected chi connectivity index (χ1v) is 5.56. The van der Waals surface area contributed by atoms with Crippen LogP contribution in [0.5, 0.6) is 0 Å². The summed E-state index contributed by atoms with van der Waals surface area (Å²) in [5, 5.41) is 34.1. The van der Waals surface area contributed by atoms with Crippen molar-refractivity contribution in [3.8, 4) is 0 Å². The molecule has 10 nitrogen and oxygen atoms in total. The smallest absolute Gasteiger partial charge is 0.338 e. The van der Waals surface area contributed by atoms with Gasteiger partial charge < -0.3 is 5.11 Å². The molecule has 21 heavy (non-hydrogen) atoms. The van der Waals surface area contributed by atoms with Gasteiger partial charge in [0.25, 0.3) is 11.4 Å². The van der Waals surface area contributed by atoms with Crippen molar-refractivity contribution < 1.29 is 19.7 Å². The van der Waals surface area contributed by atoms with Gasteiger partial charge in [-0.2, -0.15) is 5.10 Å². The number of non-ortho nitro benzene ring substituents is 1. The number of benzene rings is 1. The molecule has 1 aromatic heterocycles. The van der Waals surface area contributed by atoms with Crippen LogP contribution in [0.25, 0.3) is 0 Å². The van der Waals surface area contributed by atoms with Gasteiger partial charge in [0.05, 0.1) is 39.8 Å². The Labute approximate surface area is 116 Å². The van der Waals surface area contributed by atoms with Crippen molar-refractivity contribution in [2.45, 2.75) is 6.54 Å². The Morgan fingerprint density at radius 1 is 1.29 bits per heavy atom. The number of carbonyl (C=O) groups is 1. The number of nitrogens with zero attached hydrogens (tertiary/aromatic N) is 4. The maximum absolute atomic E-state index is 11.0. The van der Waals surface area contributed by atoms with E-state index in [1.165, 1.54) is 16.9 Å². The molecule has 1 aromatic carbocycles. The molecule has 0 saturated carbocycles. The lowest BCUT2D eigenvalue weighted by atomic mass is 10.1. The third kappa shape index (κ3) is 3.00. The van der Waals surface area contributed by atoms with E-state index >= 15 is 0 Å². The fraction of sp³-hybridized carbons (Fsp3) is 0.0909. The first kappa shape index (κ1) is 14.1. The molecule has 108 valence electrons. The quantitative estimate of drug-likeness (QED) is 0.649. The lowest BCUT2D eigenvalue weighted by molar-refractivity contribution is -0.394. The van der Waals surface area contributed by atoms with Crippen molar-refractivity contribution in [2.24, 2.45) is 0 Å². The molecule has 0 saturated heterocycles. The SMILES string of the molecule is O=C(O)c1cnn(Cc2ccc([N+](=O)[O-])cc2[N+](=O)[O-])c1. The predicted molar refractivity (Wildman–Crippen MR) is 68.0 cm³/mol. The summed E-state index contributed by atoms with van der Waals surface area (Å²) < 4.78 is 1.21. The van der Waals surface area contributed by atoms with Crippen LogP contribution in [-0.4, -0.2) is 30.7 Å². The van der Waals surface area contributed by atoms with Gasteiger partial charge in [-0.15, -0.1) is 0 Å². The Bertz CT molecular complexity index is 738. The molecule has 0 fully saturated rings. The molecule has 0 aliphatic rings. The van der Waals surface area contributed by atoms with E-state index in [2.05, 4.69) is 5.10 Å². The number of hydrogen-bond acceptors (Lipinski definition) is 6. The highest BCUT2D eigenvalue weighted by atomic mass is 16.6. The molecule has 10 heteroatoms. The van der Waals surface area contributed by atoms with Gasteiger partial charge in [0.1, 0.15) is 0 Å². The fourth-order valence-electron chi connectivity index (χ4n) is 1.70. The van der Waals surface area contributed by atoms with E-state index in [0.29, 0.717) is 0 Å². The van der Waals surface area contributed by atoms with Crippen molar-refractivity contribution >= 4 is 17.3 Å². The normalized spacial score (nSPS) is 10.3. The molecule has 2 rings (SSSR count). The summed E-state index contributed by atoms with van der Waals surface area (Å²) >= 11 is 0. The minimum Gasteiger partial charge on any atom is -0.478 e. The van der Waals surface area contributed by atoms with Crippen LogP contribution in [-0.2, 0) is 6.54 Å². The summed E-state index contributed by atoms with van der Waals surface area (Å²) in [6.07, 6.45) is 2.33. The summed E-state index contributed by atoms with van der Waals surface area (Å²) in [6, 6.07) is 3.25. The predicted octanol–water partition coefficient (Wildman–Crippen LogP) is 1.45. The van der Waals surface area contributed by atoms with E-state index in [1.807, 2.05) is 0 Å². The van der Waals surface area contributed by atoms with Crippen LogP contribution in [0.4, 0.5) is 11.4 Å². The first-order chi connectivity index (χ1) is 9.88. The topological polar surface area (TPSA) is 141 Å². The Balaban J connectivity index is 2.36. The van der Waals surface area contributed by atoms with Crippen LogP contribution in [0, 0.1) is 20.2 Å². The highest BCUT2D eigenvalue weighted by Gasteiger charge is 2.20. The molecule has 0 spiro atoms. The lowest BCUT2D eigenvalue weighted by Crippen LogP contribution is -2.04. The second kappa shape index (κ2) is 5.36. The molecule has 0 bridgehead atoms. The van der Waals surface area contributed by atoms with Crippen LogP contribution in [0.15, 0.2) is 30.6 Å². The molecule has 2 aromatic rings. The monoisotopic (exact) mass is 292 g/mol. The van der Waals surface area contributed by atoms with Crippen LogP contribution >= 0.6 is 0 Å². The van der Waals surface area contributed by atoms with Crippen molar-refractivity contribution in [1.29, 1.82) is 0 Å². The molecular weight excluding hydrogens is 284 g/mol. The van der Waals surface area contributed by atoms with Crippen LogP contribution in [0.1, 0.15) is 15.9 Å². The average molecular weight is 292 g/mol. The number of carboxylic acids is 1. The second-order valence-electron chi connectivity index (χ2n) is 4.06. The summed E-state index contributed by atoms with van der Waals surface area (Å²) in [7, 11) is 0. The third-order valence-electron chi connectivity index (χ3n) is 2.69. The van der Waals surface area contributed by atoms with E-state index in [1.54, 1.807) is 0 Å². The average Bonchev–Trinajstić information content (AvgIpc) is 2.87. The van der Waals surface area contributed by atoms with E-state index in [4.69, 9.17) is 5.11 Å². The summed E-state index contributed by atoms with van der Waals surface area (Å²) in [5.41, 5.74) is -0.682. The first-order valence-electron chi connectivity index (χ1n) is 5.56. The third-order valence-corrected chi connectivity index (χ3v) is 2.69.